The summed E-state index contributed by atoms with van der Waals surface area (Å²) in [5.74, 6) is -0.0678. The van der Waals surface area contributed by atoms with Crippen LogP contribution in [0.5, 0.6) is 0 Å². The van der Waals surface area contributed by atoms with Crippen molar-refractivity contribution < 1.29 is 9.59 Å². The van der Waals surface area contributed by atoms with Gasteiger partial charge in [-0.15, -0.1) is 0 Å². The number of rotatable bonds is 6. The van der Waals surface area contributed by atoms with Crippen LogP contribution in [-0.2, 0) is 11.3 Å². The zero-order valence-corrected chi connectivity index (χ0v) is 14.4. The number of aromatic nitrogens is 1. The fourth-order valence-electron chi connectivity index (χ4n) is 1.88. The Labute approximate surface area is 145 Å². The van der Waals surface area contributed by atoms with Gasteiger partial charge in [0.2, 0.25) is 5.91 Å². The quantitative estimate of drug-likeness (QED) is 0.752. The van der Waals surface area contributed by atoms with Gasteiger partial charge in [-0.05, 0) is 49.1 Å². The van der Waals surface area contributed by atoms with Crippen LogP contribution < -0.4 is 16.0 Å². The van der Waals surface area contributed by atoms with Crippen molar-refractivity contribution in [2.45, 2.75) is 18.7 Å². The first kappa shape index (κ1) is 17.8. The van der Waals surface area contributed by atoms with E-state index in [-0.39, 0.29) is 17.2 Å². The van der Waals surface area contributed by atoms with Crippen molar-refractivity contribution in [3.63, 3.8) is 0 Å². The van der Waals surface area contributed by atoms with Gasteiger partial charge >= 0.3 is 6.03 Å². The number of nitrogens with one attached hydrogen (secondary N) is 3. The Morgan fingerprint density at radius 2 is 1.79 bits per heavy atom. The van der Waals surface area contributed by atoms with E-state index in [0.717, 1.165) is 5.56 Å². The molecule has 0 aliphatic carbocycles. The summed E-state index contributed by atoms with van der Waals surface area (Å²) in [6, 6.07) is 10.4. The number of hydrogen-bond acceptors (Lipinski definition) is 4. The smallest absolute Gasteiger partial charge is 0.319 e. The number of carbonyl (C=O) groups is 2. The number of benzene rings is 1. The van der Waals surface area contributed by atoms with Gasteiger partial charge in [0.15, 0.2) is 0 Å². The van der Waals surface area contributed by atoms with E-state index in [1.165, 1.54) is 11.8 Å². The van der Waals surface area contributed by atoms with E-state index in [9.17, 15) is 9.59 Å². The maximum atomic E-state index is 11.9. The summed E-state index contributed by atoms with van der Waals surface area (Å²) in [7, 11) is 0. The lowest BCUT2D eigenvalue weighted by Gasteiger charge is -2.12. The summed E-state index contributed by atoms with van der Waals surface area (Å²) in [6.07, 6.45) is 5.24. The Hall–Kier alpha value is -2.54. The minimum atomic E-state index is -0.312. The number of anilines is 2. The monoisotopic (exact) mass is 344 g/mol. The molecule has 2 rings (SSSR count). The second-order valence-electron chi connectivity index (χ2n) is 5.11. The lowest BCUT2D eigenvalue weighted by Crippen LogP contribution is -2.28. The molecule has 1 aromatic carbocycles. The summed E-state index contributed by atoms with van der Waals surface area (Å²) < 4.78 is 0. The van der Waals surface area contributed by atoms with Gasteiger partial charge in [-0.2, -0.15) is 11.8 Å². The van der Waals surface area contributed by atoms with E-state index < -0.39 is 0 Å². The van der Waals surface area contributed by atoms with Gasteiger partial charge in [-0.3, -0.25) is 9.78 Å². The van der Waals surface area contributed by atoms with Crippen LogP contribution in [0.4, 0.5) is 16.2 Å². The average molecular weight is 344 g/mol. The van der Waals surface area contributed by atoms with Crippen LogP contribution in [0.2, 0.25) is 0 Å². The Morgan fingerprint density at radius 3 is 2.46 bits per heavy atom. The normalized spacial score (nSPS) is 11.4. The van der Waals surface area contributed by atoms with Gasteiger partial charge in [0.05, 0.1) is 5.25 Å². The summed E-state index contributed by atoms with van der Waals surface area (Å²) in [5, 5.41) is 8.21. The van der Waals surface area contributed by atoms with Gasteiger partial charge in [0.25, 0.3) is 0 Å². The first-order valence-corrected chi connectivity index (χ1v) is 8.75. The highest BCUT2D eigenvalue weighted by atomic mass is 32.2. The van der Waals surface area contributed by atoms with E-state index in [1.807, 2.05) is 25.3 Å². The SMILES string of the molecule is CS[C@@H](C)C(=O)Nc1cccc(NC(=O)NCc2ccncc2)c1. The molecule has 0 bridgehead atoms. The van der Waals surface area contributed by atoms with Gasteiger partial charge in [-0.1, -0.05) is 6.07 Å². The van der Waals surface area contributed by atoms with Crippen molar-refractivity contribution in [2.75, 3.05) is 16.9 Å². The molecule has 6 nitrogen and oxygen atoms in total. The minimum absolute atomic E-state index is 0.0678. The minimum Gasteiger partial charge on any atom is -0.334 e. The predicted octanol–water partition coefficient (Wildman–Crippen LogP) is 3.09. The average Bonchev–Trinajstić information content (AvgIpc) is 2.60. The third kappa shape index (κ3) is 5.58. The molecule has 1 aromatic heterocycles. The predicted molar refractivity (Wildman–Crippen MR) is 98.1 cm³/mol. The Kier molecular flexibility index (Phi) is 6.62. The number of thioether (sulfide) groups is 1. The molecule has 2 aromatic rings. The molecule has 1 heterocycles. The van der Waals surface area contributed by atoms with E-state index in [1.54, 1.807) is 36.7 Å². The highest BCUT2D eigenvalue weighted by molar-refractivity contribution is 7.99. The molecular weight excluding hydrogens is 324 g/mol. The van der Waals surface area contributed by atoms with Crippen molar-refractivity contribution in [2.24, 2.45) is 0 Å². The van der Waals surface area contributed by atoms with Crippen LogP contribution in [-0.4, -0.2) is 28.4 Å². The molecule has 0 fully saturated rings. The first-order chi connectivity index (χ1) is 11.6. The first-order valence-electron chi connectivity index (χ1n) is 7.46. The molecule has 0 aliphatic heterocycles. The van der Waals surface area contributed by atoms with Crippen molar-refractivity contribution in [3.05, 3.63) is 54.4 Å². The Morgan fingerprint density at radius 1 is 1.12 bits per heavy atom. The van der Waals surface area contributed by atoms with Gasteiger partial charge in [0, 0.05) is 30.3 Å². The number of pyridine rings is 1. The molecule has 0 spiro atoms. The van der Waals surface area contributed by atoms with Crippen LogP contribution in [0, 0.1) is 0 Å². The molecule has 0 unspecified atom stereocenters. The molecule has 126 valence electrons. The number of carbonyl (C=O) groups excluding carboxylic acids is 2. The second kappa shape index (κ2) is 8.93. The summed E-state index contributed by atoms with van der Waals surface area (Å²) in [4.78, 5) is 27.8. The topological polar surface area (TPSA) is 83.1 Å². The maximum Gasteiger partial charge on any atom is 0.319 e. The molecule has 24 heavy (non-hydrogen) atoms. The van der Waals surface area contributed by atoms with Crippen LogP contribution >= 0.6 is 11.8 Å². The number of amides is 3. The number of hydrogen-bond donors (Lipinski definition) is 3. The van der Waals surface area contributed by atoms with E-state index >= 15 is 0 Å². The summed E-state index contributed by atoms with van der Waals surface area (Å²) in [6.45, 7) is 2.25. The lowest BCUT2D eigenvalue weighted by atomic mass is 10.2. The Bertz CT molecular complexity index is 694. The zero-order chi connectivity index (χ0) is 17.4. The fraction of sp³-hybridized carbons (Fsp3) is 0.235. The van der Waals surface area contributed by atoms with Gasteiger partial charge in [0.1, 0.15) is 0 Å². The third-order valence-electron chi connectivity index (χ3n) is 3.31. The third-order valence-corrected chi connectivity index (χ3v) is 4.23. The Balaban J connectivity index is 1.89. The molecular formula is C17H20N4O2S. The van der Waals surface area contributed by atoms with Crippen LogP contribution in [0.1, 0.15) is 12.5 Å². The number of urea groups is 1. The molecule has 0 saturated heterocycles. The van der Waals surface area contributed by atoms with Crippen molar-refractivity contribution in [3.8, 4) is 0 Å². The zero-order valence-electron chi connectivity index (χ0n) is 13.6. The van der Waals surface area contributed by atoms with E-state index in [2.05, 4.69) is 20.9 Å². The molecule has 0 radical (unpaired) electrons. The van der Waals surface area contributed by atoms with E-state index in [0.29, 0.717) is 17.9 Å². The van der Waals surface area contributed by atoms with Crippen LogP contribution in [0.3, 0.4) is 0 Å². The highest BCUT2D eigenvalue weighted by Crippen LogP contribution is 2.16. The van der Waals surface area contributed by atoms with Crippen molar-refractivity contribution >= 4 is 35.1 Å². The summed E-state index contributed by atoms with van der Waals surface area (Å²) in [5.41, 5.74) is 2.22. The van der Waals surface area contributed by atoms with Crippen molar-refractivity contribution in [1.82, 2.24) is 10.3 Å². The second-order valence-corrected chi connectivity index (χ2v) is 6.29. The standard InChI is InChI=1S/C17H20N4O2S/c1-12(24-2)16(22)20-14-4-3-5-15(10-14)21-17(23)19-11-13-6-8-18-9-7-13/h3-10,12H,11H2,1-2H3,(H,20,22)(H2,19,21,23)/t12-/m0/s1. The largest absolute Gasteiger partial charge is 0.334 e. The molecule has 0 aliphatic rings. The molecule has 3 amide bonds. The maximum absolute atomic E-state index is 11.9. The van der Waals surface area contributed by atoms with Gasteiger partial charge < -0.3 is 16.0 Å². The van der Waals surface area contributed by atoms with Crippen LogP contribution in [0.25, 0.3) is 0 Å². The highest BCUT2D eigenvalue weighted by Gasteiger charge is 2.11. The molecule has 3 N–H and O–H groups in total. The number of nitrogens with zero attached hydrogens (tertiary/aromatic N) is 1. The van der Waals surface area contributed by atoms with E-state index in [4.69, 9.17) is 0 Å². The summed E-state index contributed by atoms with van der Waals surface area (Å²) >= 11 is 1.48. The molecule has 7 heteroatoms. The molecule has 1 atom stereocenters. The lowest BCUT2D eigenvalue weighted by molar-refractivity contribution is -0.115. The molecule has 0 saturated carbocycles. The van der Waals surface area contributed by atoms with Crippen LogP contribution in [0.15, 0.2) is 48.8 Å². The van der Waals surface area contributed by atoms with Crippen molar-refractivity contribution in [1.29, 1.82) is 0 Å². The van der Waals surface area contributed by atoms with Gasteiger partial charge in [-0.25, -0.2) is 4.79 Å². The fourth-order valence-corrected chi connectivity index (χ4v) is 2.16.